The highest BCUT2D eigenvalue weighted by molar-refractivity contribution is 9.10. The number of nitrogens with zero attached hydrogens (tertiary/aromatic N) is 1. The standard InChI is InChI=1S/C20H20BrNO2/c1-4-23-19-12-15(11-18(21)20(19)24-5-2)10-17(13-22)16-8-6-14(3)7-9-16/h6-12H,4-5H2,1-3H3/b17-10-. The molecule has 0 bridgehead atoms. The first kappa shape index (κ1) is 18.1. The van der Waals surface area contributed by atoms with Crippen LogP contribution in [-0.2, 0) is 0 Å². The van der Waals surface area contributed by atoms with Crippen LogP contribution in [0.15, 0.2) is 40.9 Å². The smallest absolute Gasteiger partial charge is 0.175 e. The molecule has 0 amide bonds. The van der Waals surface area contributed by atoms with Crippen LogP contribution in [0.3, 0.4) is 0 Å². The number of rotatable bonds is 6. The van der Waals surface area contributed by atoms with E-state index in [1.54, 1.807) is 0 Å². The van der Waals surface area contributed by atoms with Gasteiger partial charge in [0.2, 0.25) is 0 Å². The summed E-state index contributed by atoms with van der Waals surface area (Å²) < 4.78 is 12.1. The molecule has 2 aromatic rings. The highest BCUT2D eigenvalue weighted by atomic mass is 79.9. The number of hydrogen-bond acceptors (Lipinski definition) is 3. The zero-order valence-corrected chi connectivity index (χ0v) is 15.7. The van der Waals surface area contributed by atoms with E-state index in [0.29, 0.717) is 30.3 Å². The van der Waals surface area contributed by atoms with E-state index in [1.807, 2.05) is 63.2 Å². The lowest BCUT2D eigenvalue weighted by Gasteiger charge is -2.13. The zero-order chi connectivity index (χ0) is 17.5. The fourth-order valence-corrected chi connectivity index (χ4v) is 2.87. The Morgan fingerprint density at radius 2 is 1.79 bits per heavy atom. The molecule has 0 aliphatic rings. The molecule has 0 heterocycles. The van der Waals surface area contributed by atoms with Gasteiger partial charge in [-0.3, -0.25) is 0 Å². The number of hydrogen-bond donors (Lipinski definition) is 0. The first-order valence-corrected chi connectivity index (χ1v) is 8.66. The summed E-state index contributed by atoms with van der Waals surface area (Å²) in [4.78, 5) is 0. The van der Waals surface area contributed by atoms with Crippen molar-refractivity contribution in [2.24, 2.45) is 0 Å². The second-order valence-electron chi connectivity index (χ2n) is 5.23. The molecule has 0 radical (unpaired) electrons. The summed E-state index contributed by atoms with van der Waals surface area (Å²) in [6, 6.07) is 14.0. The van der Waals surface area contributed by atoms with Gasteiger partial charge in [-0.25, -0.2) is 0 Å². The maximum Gasteiger partial charge on any atom is 0.175 e. The molecule has 24 heavy (non-hydrogen) atoms. The second kappa shape index (κ2) is 8.56. The monoisotopic (exact) mass is 385 g/mol. The Bertz CT molecular complexity index is 773. The van der Waals surface area contributed by atoms with Crippen molar-refractivity contribution >= 4 is 27.6 Å². The van der Waals surface area contributed by atoms with E-state index < -0.39 is 0 Å². The van der Waals surface area contributed by atoms with Crippen molar-refractivity contribution in [1.29, 1.82) is 5.26 Å². The third kappa shape index (κ3) is 4.39. The lowest BCUT2D eigenvalue weighted by Crippen LogP contribution is -1.99. The molecule has 0 N–H and O–H groups in total. The van der Waals surface area contributed by atoms with Gasteiger partial charge in [0.25, 0.3) is 0 Å². The molecule has 4 heteroatoms. The Morgan fingerprint density at radius 3 is 2.38 bits per heavy atom. The van der Waals surface area contributed by atoms with Crippen LogP contribution >= 0.6 is 15.9 Å². The molecule has 0 atom stereocenters. The van der Waals surface area contributed by atoms with Crippen LogP contribution in [0.4, 0.5) is 0 Å². The van der Waals surface area contributed by atoms with Gasteiger partial charge in [-0.2, -0.15) is 5.26 Å². The van der Waals surface area contributed by atoms with Gasteiger partial charge in [0.05, 0.1) is 29.3 Å². The summed E-state index contributed by atoms with van der Waals surface area (Å²) in [5.41, 5.74) is 3.55. The minimum absolute atomic E-state index is 0.544. The summed E-state index contributed by atoms with van der Waals surface area (Å²) in [7, 11) is 0. The SMILES string of the molecule is CCOc1cc(/C=C(/C#N)c2ccc(C)cc2)cc(Br)c1OCC. The normalized spacial score (nSPS) is 11.0. The molecule has 2 rings (SSSR count). The molecule has 2 aromatic carbocycles. The van der Waals surface area contributed by atoms with E-state index in [0.717, 1.165) is 15.6 Å². The van der Waals surface area contributed by atoms with E-state index in [1.165, 1.54) is 5.56 Å². The second-order valence-corrected chi connectivity index (χ2v) is 6.09. The van der Waals surface area contributed by atoms with Crippen LogP contribution < -0.4 is 9.47 Å². The Morgan fingerprint density at radius 1 is 1.12 bits per heavy atom. The summed E-state index contributed by atoms with van der Waals surface area (Å²) in [5.74, 6) is 1.35. The van der Waals surface area contributed by atoms with E-state index in [9.17, 15) is 5.26 Å². The average Bonchev–Trinajstić information content (AvgIpc) is 2.57. The van der Waals surface area contributed by atoms with Gasteiger partial charge in [0, 0.05) is 0 Å². The Hall–Kier alpha value is -2.25. The van der Waals surface area contributed by atoms with E-state index >= 15 is 0 Å². The van der Waals surface area contributed by atoms with Crippen molar-refractivity contribution in [3.05, 3.63) is 57.6 Å². The molecule has 0 fully saturated rings. The predicted octanol–water partition coefficient (Wildman–Crippen LogP) is 5.62. The molecule has 0 aliphatic carbocycles. The Kier molecular flexibility index (Phi) is 6.45. The topological polar surface area (TPSA) is 42.2 Å². The van der Waals surface area contributed by atoms with Crippen LogP contribution in [-0.4, -0.2) is 13.2 Å². The van der Waals surface area contributed by atoms with E-state index in [4.69, 9.17) is 9.47 Å². The molecule has 0 saturated heterocycles. The number of halogens is 1. The van der Waals surface area contributed by atoms with Crippen LogP contribution in [0.1, 0.15) is 30.5 Å². The Balaban J connectivity index is 2.46. The van der Waals surface area contributed by atoms with Gasteiger partial charge < -0.3 is 9.47 Å². The van der Waals surface area contributed by atoms with Gasteiger partial charge in [0.15, 0.2) is 11.5 Å². The van der Waals surface area contributed by atoms with Crippen molar-refractivity contribution in [1.82, 2.24) is 0 Å². The van der Waals surface area contributed by atoms with Crippen molar-refractivity contribution in [3.63, 3.8) is 0 Å². The first-order valence-electron chi connectivity index (χ1n) is 7.87. The summed E-state index contributed by atoms with van der Waals surface area (Å²) >= 11 is 3.53. The molecule has 0 aromatic heterocycles. The molecule has 0 saturated carbocycles. The molecule has 0 aliphatic heterocycles. The predicted molar refractivity (Wildman–Crippen MR) is 101 cm³/mol. The van der Waals surface area contributed by atoms with Crippen molar-refractivity contribution < 1.29 is 9.47 Å². The van der Waals surface area contributed by atoms with E-state index in [2.05, 4.69) is 22.0 Å². The largest absolute Gasteiger partial charge is 0.490 e. The molecular formula is C20H20BrNO2. The molecule has 124 valence electrons. The average molecular weight is 386 g/mol. The van der Waals surface area contributed by atoms with Gasteiger partial charge >= 0.3 is 0 Å². The molecule has 3 nitrogen and oxygen atoms in total. The minimum Gasteiger partial charge on any atom is -0.490 e. The lowest BCUT2D eigenvalue weighted by atomic mass is 10.0. The first-order chi connectivity index (χ1) is 11.6. The molecule has 0 unspecified atom stereocenters. The van der Waals surface area contributed by atoms with Crippen LogP contribution in [0.5, 0.6) is 11.5 Å². The maximum atomic E-state index is 9.50. The molecular weight excluding hydrogens is 366 g/mol. The van der Waals surface area contributed by atoms with Crippen LogP contribution in [0, 0.1) is 18.3 Å². The maximum absolute atomic E-state index is 9.50. The number of aryl methyl sites for hydroxylation is 1. The summed E-state index contributed by atoms with van der Waals surface area (Å²) in [5, 5.41) is 9.50. The quantitative estimate of drug-likeness (QED) is 0.478. The zero-order valence-electron chi connectivity index (χ0n) is 14.1. The number of nitriles is 1. The van der Waals surface area contributed by atoms with E-state index in [-0.39, 0.29) is 0 Å². The molecule has 0 spiro atoms. The van der Waals surface area contributed by atoms with Gasteiger partial charge in [-0.15, -0.1) is 0 Å². The van der Waals surface area contributed by atoms with Crippen molar-refractivity contribution in [2.75, 3.05) is 13.2 Å². The van der Waals surface area contributed by atoms with Crippen molar-refractivity contribution in [2.45, 2.75) is 20.8 Å². The Labute approximate surface area is 151 Å². The summed E-state index contributed by atoms with van der Waals surface area (Å²) in [6.07, 6.45) is 1.85. The lowest BCUT2D eigenvalue weighted by molar-refractivity contribution is 0.286. The highest BCUT2D eigenvalue weighted by Gasteiger charge is 2.12. The number of ether oxygens (including phenoxy) is 2. The number of allylic oxidation sites excluding steroid dienone is 1. The fourth-order valence-electron chi connectivity index (χ4n) is 2.30. The summed E-state index contributed by atoms with van der Waals surface area (Å²) in [6.45, 7) is 6.99. The van der Waals surface area contributed by atoms with Gasteiger partial charge in [0.1, 0.15) is 0 Å². The number of benzene rings is 2. The third-order valence-electron chi connectivity index (χ3n) is 3.41. The van der Waals surface area contributed by atoms with Gasteiger partial charge in [-0.1, -0.05) is 29.8 Å². The van der Waals surface area contributed by atoms with Crippen LogP contribution in [0.25, 0.3) is 11.6 Å². The van der Waals surface area contributed by atoms with Crippen molar-refractivity contribution in [3.8, 4) is 17.6 Å². The van der Waals surface area contributed by atoms with Crippen LogP contribution in [0.2, 0.25) is 0 Å². The van der Waals surface area contributed by atoms with Gasteiger partial charge in [-0.05, 0) is 66.0 Å². The highest BCUT2D eigenvalue weighted by Crippen LogP contribution is 2.37. The third-order valence-corrected chi connectivity index (χ3v) is 4.00. The minimum atomic E-state index is 0.544. The fraction of sp³-hybridized carbons (Fsp3) is 0.250.